The van der Waals surface area contributed by atoms with Crippen LogP contribution in [0.5, 0.6) is 0 Å². The van der Waals surface area contributed by atoms with E-state index in [9.17, 15) is 4.39 Å². The lowest BCUT2D eigenvalue weighted by Gasteiger charge is -2.29. The Bertz CT molecular complexity index is 318. The molecule has 0 radical (unpaired) electrons. The highest BCUT2D eigenvalue weighted by Gasteiger charge is 2.24. The predicted octanol–water partition coefficient (Wildman–Crippen LogP) is 2.95. The fourth-order valence-corrected chi connectivity index (χ4v) is 2.50. The molecule has 0 amide bonds. The summed E-state index contributed by atoms with van der Waals surface area (Å²) in [5, 5.41) is 2.84. The van der Waals surface area contributed by atoms with Gasteiger partial charge in [-0.15, -0.1) is 0 Å². The van der Waals surface area contributed by atoms with Gasteiger partial charge in [0.2, 0.25) is 0 Å². The van der Waals surface area contributed by atoms with Crippen LogP contribution in [0.3, 0.4) is 0 Å². The van der Waals surface area contributed by atoms with Gasteiger partial charge in [0.25, 0.3) is 0 Å². The zero-order valence-electron chi connectivity index (χ0n) is 11.3. The van der Waals surface area contributed by atoms with Crippen molar-refractivity contribution in [1.29, 1.82) is 0 Å². The molecule has 1 aliphatic rings. The lowest BCUT2D eigenvalue weighted by Crippen LogP contribution is -2.36. The van der Waals surface area contributed by atoms with Crippen LogP contribution in [0.25, 0.3) is 0 Å². The highest BCUT2D eigenvalue weighted by Crippen LogP contribution is 2.25. The molecule has 0 spiro atoms. The van der Waals surface area contributed by atoms with Gasteiger partial charge in [0.15, 0.2) is 11.7 Å². The second kappa shape index (κ2) is 7.10. The molecule has 104 valence electrons. The molecule has 0 heterocycles. The van der Waals surface area contributed by atoms with E-state index >= 15 is 0 Å². The van der Waals surface area contributed by atoms with Crippen LogP contribution in [0.15, 0.2) is 16.9 Å². The van der Waals surface area contributed by atoms with Crippen molar-refractivity contribution < 1.29 is 4.39 Å². The number of allylic oxidation sites excluding steroid dienone is 1. The fraction of sp³-hybridized carbons (Fsp3) is 0.769. The third-order valence-electron chi connectivity index (χ3n) is 3.08. The number of halogens is 2. The lowest BCUT2D eigenvalue weighted by molar-refractivity contribution is 0.309. The van der Waals surface area contributed by atoms with Gasteiger partial charge in [-0.05, 0) is 45.1 Å². The minimum Gasteiger partial charge on any atom is -0.352 e. The monoisotopic (exact) mass is 275 g/mol. The molecule has 1 saturated carbocycles. The zero-order valence-corrected chi connectivity index (χ0v) is 12.0. The number of hydrogen-bond acceptors (Lipinski definition) is 2. The molecule has 1 rings (SSSR count). The topological polar surface area (TPSA) is 50.4 Å². The number of alkyl halides is 1. The first kappa shape index (κ1) is 15.4. The maximum absolute atomic E-state index is 13.7. The van der Waals surface area contributed by atoms with E-state index in [4.69, 9.17) is 17.3 Å². The summed E-state index contributed by atoms with van der Waals surface area (Å²) in [4.78, 5) is 4.45. The van der Waals surface area contributed by atoms with E-state index in [1.165, 1.54) is 6.08 Å². The van der Waals surface area contributed by atoms with Crippen molar-refractivity contribution in [3.05, 3.63) is 11.9 Å². The third kappa shape index (κ3) is 4.94. The van der Waals surface area contributed by atoms with Gasteiger partial charge in [0.1, 0.15) is 0 Å². The van der Waals surface area contributed by atoms with E-state index in [0.29, 0.717) is 5.92 Å². The third-order valence-corrected chi connectivity index (χ3v) is 3.19. The predicted molar refractivity (Wildman–Crippen MR) is 75.5 cm³/mol. The van der Waals surface area contributed by atoms with Crippen LogP contribution in [-0.4, -0.2) is 23.4 Å². The summed E-state index contributed by atoms with van der Waals surface area (Å²) in [6, 6.07) is 0.234. The van der Waals surface area contributed by atoms with Crippen LogP contribution in [0.2, 0.25) is 0 Å². The molecule has 18 heavy (non-hydrogen) atoms. The summed E-state index contributed by atoms with van der Waals surface area (Å²) in [6.07, 6.45) is 4.17. The van der Waals surface area contributed by atoms with Crippen LogP contribution >= 0.6 is 11.6 Å². The molecule has 0 bridgehead atoms. The second-order valence-corrected chi connectivity index (χ2v) is 5.76. The van der Waals surface area contributed by atoms with E-state index in [1.807, 2.05) is 0 Å². The summed E-state index contributed by atoms with van der Waals surface area (Å²) in [5.74, 6) is 0.409. The lowest BCUT2D eigenvalue weighted by atomic mass is 9.84. The number of aliphatic imine (C=N–C) groups is 1. The van der Waals surface area contributed by atoms with Crippen molar-refractivity contribution >= 4 is 17.4 Å². The minimum absolute atomic E-state index is 0.0763. The Morgan fingerprint density at radius 1 is 1.50 bits per heavy atom. The van der Waals surface area contributed by atoms with E-state index in [0.717, 1.165) is 19.3 Å². The number of nitrogens with one attached hydrogen (secondary N) is 1. The maximum atomic E-state index is 13.7. The van der Waals surface area contributed by atoms with E-state index in [2.05, 4.69) is 17.2 Å². The van der Waals surface area contributed by atoms with Gasteiger partial charge in [-0.3, -0.25) is 4.99 Å². The Morgan fingerprint density at radius 2 is 2.17 bits per heavy atom. The quantitative estimate of drug-likeness (QED) is 0.360. The first-order valence-electron chi connectivity index (χ1n) is 6.48. The molecule has 4 atom stereocenters. The first-order valence-corrected chi connectivity index (χ1v) is 6.92. The SMILES string of the molecule is C/C=C(/F)C(=NC1CC(C)CC(N)C1)NC(C)Cl. The number of nitrogens with two attached hydrogens (primary N) is 1. The molecule has 0 aromatic carbocycles. The van der Waals surface area contributed by atoms with Gasteiger partial charge in [-0.1, -0.05) is 18.5 Å². The molecular formula is C13H23ClFN3. The molecule has 0 aromatic rings. The molecule has 5 heteroatoms. The summed E-state index contributed by atoms with van der Waals surface area (Å²) in [6.45, 7) is 5.54. The van der Waals surface area contributed by atoms with E-state index in [1.54, 1.807) is 13.8 Å². The van der Waals surface area contributed by atoms with Crippen molar-refractivity contribution in [2.45, 2.75) is 57.6 Å². The standard InChI is InChI=1S/C13H23ClFN3/c1-4-12(15)13(17-9(3)14)18-11-6-8(2)5-10(16)7-11/h4,8-11H,5-7,16H2,1-3H3,(H,17,18)/b12-4+. The number of amidine groups is 1. The smallest absolute Gasteiger partial charge is 0.160 e. The second-order valence-electron chi connectivity index (χ2n) is 5.10. The van der Waals surface area contributed by atoms with Crippen LogP contribution in [0.4, 0.5) is 4.39 Å². The molecule has 3 nitrogen and oxygen atoms in total. The van der Waals surface area contributed by atoms with Gasteiger partial charge < -0.3 is 11.1 Å². The van der Waals surface area contributed by atoms with Crippen LogP contribution in [0, 0.1) is 5.92 Å². The molecule has 0 aromatic heterocycles. The number of rotatable bonds is 3. The Hall–Kier alpha value is -0.610. The Morgan fingerprint density at radius 3 is 2.67 bits per heavy atom. The average molecular weight is 276 g/mol. The van der Waals surface area contributed by atoms with Crippen molar-refractivity contribution in [2.24, 2.45) is 16.6 Å². The molecule has 1 aliphatic carbocycles. The van der Waals surface area contributed by atoms with Crippen LogP contribution in [0.1, 0.15) is 40.0 Å². The Balaban J connectivity index is 2.80. The summed E-state index contributed by atoms with van der Waals surface area (Å²) < 4.78 is 13.7. The number of hydrogen-bond donors (Lipinski definition) is 2. The highest BCUT2D eigenvalue weighted by molar-refractivity contribution is 6.21. The fourth-order valence-electron chi connectivity index (χ4n) is 2.40. The van der Waals surface area contributed by atoms with E-state index < -0.39 is 0 Å². The van der Waals surface area contributed by atoms with Crippen LogP contribution < -0.4 is 11.1 Å². The maximum Gasteiger partial charge on any atom is 0.160 e. The normalized spacial score (nSPS) is 32.2. The van der Waals surface area contributed by atoms with Crippen molar-refractivity contribution in [2.75, 3.05) is 0 Å². The zero-order chi connectivity index (χ0) is 13.7. The largest absolute Gasteiger partial charge is 0.352 e. The van der Waals surface area contributed by atoms with Gasteiger partial charge in [-0.2, -0.15) is 0 Å². The van der Waals surface area contributed by atoms with Gasteiger partial charge in [0.05, 0.1) is 11.5 Å². The molecule has 4 unspecified atom stereocenters. The van der Waals surface area contributed by atoms with Gasteiger partial charge >= 0.3 is 0 Å². The Labute approximate surface area is 114 Å². The van der Waals surface area contributed by atoms with Crippen molar-refractivity contribution in [3.8, 4) is 0 Å². The minimum atomic E-state index is -0.366. The number of nitrogens with zero attached hydrogens (tertiary/aromatic N) is 1. The van der Waals surface area contributed by atoms with Crippen molar-refractivity contribution in [3.63, 3.8) is 0 Å². The van der Waals surface area contributed by atoms with Crippen molar-refractivity contribution in [1.82, 2.24) is 5.32 Å². The highest BCUT2D eigenvalue weighted by atomic mass is 35.5. The molecule has 1 fully saturated rings. The van der Waals surface area contributed by atoms with Crippen LogP contribution in [-0.2, 0) is 0 Å². The molecule has 0 saturated heterocycles. The summed E-state index contributed by atoms with van der Waals surface area (Å²) in [5.41, 5.74) is 5.62. The summed E-state index contributed by atoms with van der Waals surface area (Å²) >= 11 is 5.84. The van der Waals surface area contributed by atoms with Gasteiger partial charge in [0, 0.05) is 6.04 Å². The molecule has 3 N–H and O–H groups in total. The molecular weight excluding hydrogens is 253 g/mol. The van der Waals surface area contributed by atoms with E-state index in [-0.39, 0.29) is 29.2 Å². The Kier molecular flexibility index (Phi) is 6.09. The first-order chi connectivity index (χ1) is 8.42. The summed E-state index contributed by atoms with van der Waals surface area (Å²) in [7, 11) is 0. The molecule has 0 aliphatic heterocycles. The van der Waals surface area contributed by atoms with Gasteiger partial charge in [-0.25, -0.2) is 4.39 Å². The average Bonchev–Trinajstić information content (AvgIpc) is 2.25.